The lowest BCUT2D eigenvalue weighted by Gasteiger charge is -2.31. The Bertz CT molecular complexity index is 468. The minimum atomic E-state index is -0.255. The number of hydrogen-bond donors (Lipinski definition) is 0. The average Bonchev–Trinajstić information content (AvgIpc) is 3.08. The Morgan fingerprint density at radius 3 is 2.63 bits per heavy atom. The zero-order valence-electron chi connectivity index (χ0n) is 11.1. The molecule has 1 atom stereocenters. The van der Waals surface area contributed by atoms with Crippen LogP contribution in [0, 0.1) is 11.7 Å². The van der Waals surface area contributed by atoms with Crippen molar-refractivity contribution in [2.45, 2.75) is 44.6 Å². The first-order valence-electron chi connectivity index (χ1n) is 7.31. The number of carbonyl (C=O) groups is 1. The standard InChI is InChI=1S/C16H20FNO/c17-14-10-12(11-19)7-8-16(14)18-9-3-6-15(18)13-4-1-2-5-13/h7-8,10-11,13,15H,1-6,9H2. The van der Waals surface area contributed by atoms with Gasteiger partial charge < -0.3 is 4.90 Å². The highest BCUT2D eigenvalue weighted by Crippen LogP contribution is 2.38. The molecule has 102 valence electrons. The fourth-order valence-corrected chi connectivity index (χ4v) is 3.75. The van der Waals surface area contributed by atoms with Crippen LogP contribution in [0.4, 0.5) is 10.1 Å². The summed E-state index contributed by atoms with van der Waals surface area (Å²) < 4.78 is 14.1. The summed E-state index contributed by atoms with van der Waals surface area (Å²) in [5, 5.41) is 0. The Morgan fingerprint density at radius 2 is 1.95 bits per heavy atom. The predicted molar refractivity (Wildman–Crippen MR) is 74.1 cm³/mol. The van der Waals surface area contributed by atoms with Gasteiger partial charge in [-0.2, -0.15) is 0 Å². The molecule has 1 heterocycles. The molecule has 0 amide bonds. The van der Waals surface area contributed by atoms with Crippen LogP contribution in [-0.4, -0.2) is 18.9 Å². The molecule has 3 heteroatoms. The fourth-order valence-electron chi connectivity index (χ4n) is 3.75. The quantitative estimate of drug-likeness (QED) is 0.771. The lowest BCUT2D eigenvalue weighted by Crippen LogP contribution is -2.35. The molecule has 1 aromatic rings. The Balaban J connectivity index is 1.85. The summed E-state index contributed by atoms with van der Waals surface area (Å²) in [6.45, 7) is 0.943. The first-order chi connectivity index (χ1) is 9.29. The number of carbonyl (C=O) groups excluding carboxylic acids is 1. The molecule has 1 saturated heterocycles. The zero-order valence-corrected chi connectivity index (χ0v) is 11.1. The van der Waals surface area contributed by atoms with E-state index in [1.54, 1.807) is 12.1 Å². The molecule has 2 fully saturated rings. The molecule has 0 aromatic heterocycles. The molecule has 0 radical (unpaired) electrons. The van der Waals surface area contributed by atoms with Crippen molar-refractivity contribution in [2.24, 2.45) is 5.92 Å². The first kappa shape index (κ1) is 12.6. The van der Waals surface area contributed by atoms with Crippen LogP contribution >= 0.6 is 0 Å². The van der Waals surface area contributed by atoms with Gasteiger partial charge in [-0.05, 0) is 49.8 Å². The van der Waals surface area contributed by atoms with Gasteiger partial charge in [-0.25, -0.2) is 4.39 Å². The van der Waals surface area contributed by atoms with Crippen molar-refractivity contribution >= 4 is 12.0 Å². The number of aldehydes is 1. The summed E-state index contributed by atoms with van der Waals surface area (Å²) in [6, 6.07) is 5.34. The van der Waals surface area contributed by atoms with E-state index in [2.05, 4.69) is 4.90 Å². The molecule has 1 saturated carbocycles. The third-order valence-electron chi connectivity index (χ3n) is 4.66. The fraction of sp³-hybridized carbons (Fsp3) is 0.562. The molecule has 1 unspecified atom stereocenters. The van der Waals surface area contributed by atoms with Crippen LogP contribution in [-0.2, 0) is 0 Å². The maximum Gasteiger partial charge on any atom is 0.150 e. The van der Waals surface area contributed by atoms with Crippen LogP contribution in [0.15, 0.2) is 18.2 Å². The van der Waals surface area contributed by atoms with Gasteiger partial charge >= 0.3 is 0 Å². The second-order valence-electron chi connectivity index (χ2n) is 5.78. The molecule has 0 bridgehead atoms. The van der Waals surface area contributed by atoms with Crippen LogP contribution in [0.3, 0.4) is 0 Å². The van der Waals surface area contributed by atoms with Gasteiger partial charge in [-0.1, -0.05) is 12.8 Å². The van der Waals surface area contributed by atoms with Crippen LogP contribution < -0.4 is 4.90 Å². The van der Waals surface area contributed by atoms with Gasteiger partial charge in [0.2, 0.25) is 0 Å². The first-order valence-corrected chi connectivity index (χ1v) is 7.31. The minimum Gasteiger partial charge on any atom is -0.366 e. The van der Waals surface area contributed by atoms with E-state index >= 15 is 0 Å². The molecule has 19 heavy (non-hydrogen) atoms. The number of hydrogen-bond acceptors (Lipinski definition) is 2. The van der Waals surface area contributed by atoms with Crippen LogP contribution in [0.25, 0.3) is 0 Å². The largest absolute Gasteiger partial charge is 0.366 e. The van der Waals surface area contributed by atoms with Crippen molar-refractivity contribution in [3.05, 3.63) is 29.6 Å². The van der Waals surface area contributed by atoms with Gasteiger partial charge in [-0.15, -0.1) is 0 Å². The average molecular weight is 261 g/mol. The molecule has 3 rings (SSSR count). The number of benzene rings is 1. The summed E-state index contributed by atoms with van der Waals surface area (Å²) >= 11 is 0. The second-order valence-corrected chi connectivity index (χ2v) is 5.78. The van der Waals surface area contributed by atoms with Crippen LogP contribution in [0.5, 0.6) is 0 Å². The molecule has 1 aliphatic heterocycles. The summed E-state index contributed by atoms with van der Waals surface area (Å²) in [5.41, 5.74) is 1.10. The van der Waals surface area contributed by atoms with E-state index in [4.69, 9.17) is 0 Å². The van der Waals surface area contributed by atoms with E-state index in [1.807, 2.05) is 0 Å². The van der Waals surface area contributed by atoms with Crippen LogP contribution in [0.2, 0.25) is 0 Å². The van der Waals surface area contributed by atoms with Gasteiger partial charge in [0, 0.05) is 18.2 Å². The van der Waals surface area contributed by atoms with Crippen molar-refractivity contribution in [1.82, 2.24) is 0 Å². The monoisotopic (exact) mass is 261 g/mol. The van der Waals surface area contributed by atoms with Crippen molar-refractivity contribution in [1.29, 1.82) is 0 Å². The highest BCUT2D eigenvalue weighted by molar-refractivity contribution is 5.76. The lowest BCUT2D eigenvalue weighted by molar-refractivity contribution is 0.112. The third kappa shape index (κ3) is 2.38. The zero-order chi connectivity index (χ0) is 13.2. The molecule has 0 N–H and O–H groups in total. The van der Waals surface area contributed by atoms with Crippen LogP contribution in [0.1, 0.15) is 48.9 Å². The smallest absolute Gasteiger partial charge is 0.150 e. The van der Waals surface area contributed by atoms with Gasteiger partial charge in [0.1, 0.15) is 12.1 Å². The van der Waals surface area contributed by atoms with Crippen molar-refractivity contribution < 1.29 is 9.18 Å². The van der Waals surface area contributed by atoms with Crippen molar-refractivity contribution in [2.75, 3.05) is 11.4 Å². The Kier molecular flexibility index (Phi) is 3.54. The summed E-state index contributed by atoms with van der Waals surface area (Å²) in [5.74, 6) is 0.474. The summed E-state index contributed by atoms with van der Waals surface area (Å²) in [4.78, 5) is 12.9. The van der Waals surface area contributed by atoms with Crippen molar-refractivity contribution in [3.63, 3.8) is 0 Å². The SMILES string of the molecule is O=Cc1ccc(N2CCCC2C2CCCC2)c(F)c1. The second kappa shape index (κ2) is 5.32. The van der Waals surface area contributed by atoms with E-state index in [9.17, 15) is 9.18 Å². The maximum atomic E-state index is 14.1. The minimum absolute atomic E-state index is 0.255. The normalized spacial score (nSPS) is 24.1. The number of anilines is 1. The highest BCUT2D eigenvalue weighted by Gasteiger charge is 2.34. The van der Waals surface area contributed by atoms with Gasteiger partial charge in [0.15, 0.2) is 0 Å². The molecular weight excluding hydrogens is 241 g/mol. The highest BCUT2D eigenvalue weighted by atomic mass is 19.1. The molecular formula is C16H20FNO. The number of rotatable bonds is 3. The topological polar surface area (TPSA) is 20.3 Å². The Morgan fingerprint density at radius 1 is 1.16 bits per heavy atom. The van der Waals surface area contributed by atoms with Gasteiger partial charge in [-0.3, -0.25) is 4.79 Å². The number of halogens is 1. The maximum absolute atomic E-state index is 14.1. The molecule has 1 aromatic carbocycles. The number of nitrogens with zero attached hydrogens (tertiary/aromatic N) is 1. The lowest BCUT2D eigenvalue weighted by atomic mass is 9.95. The summed E-state index contributed by atoms with van der Waals surface area (Å²) in [6.07, 6.45) is 8.24. The van der Waals surface area contributed by atoms with E-state index in [-0.39, 0.29) is 5.82 Å². The van der Waals surface area contributed by atoms with E-state index in [0.717, 1.165) is 18.9 Å². The third-order valence-corrected chi connectivity index (χ3v) is 4.66. The Labute approximate surface area is 113 Å². The van der Waals surface area contributed by atoms with Crippen molar-refractivity contribution in [3.8, 4) is 0 Å². The van der Waals surface area contributed by atoms with Gasteiger partial charge in [0.05, 0.1) is 5.69 Å². The van der Waals surface area contributed by atoms with Gasteiger partial charge in [0.25, 0.3) is 0 Å². The molecule has 2 aliphatic rings. The molecule has 2 nitrogen and oxygen atoms in total. The van der Waals surface area contributed by atoms with E-state index < -0.39 is 0 Å². The van der Waals surface area contributed by atoms with E-state index in [1.165, 1.54) is 38.2 Å². The molecule has 0 spiro atoms. The predicted octanol–water partition coefficient (Wildman–Crippen LogP) is 3.80. The molecule has 1 aliphatic carbocycles. The Hall–Kier alpha value is -1.38. The van der Waals surface area contributed by atoms with E-state index in [0.29, 0.717) is 23.6 Å². The summed E-state index contributed by atoms with van der Waals surface area (Å²) in [7, 11) is 0.